The quantitative estimate of drug-likeness (QED) is 0.616. The van der Waals surface area contributed by atoms with E-state index in [9.17, 15) is 19.7 Å². The maximum atomic E-state index is 13.1. The van der Waals surface area contributed by atoms with E-state index in [1.54, 1.807) is 31.2 Å². The van der Waals surface area contributed by atoms with Crippen LogP contribution in [-0.4, -0.2) is 32.6 Å². The fourth-order valence-electron chi connectivity index (χ4n) is 3.35. The third-order valence-corrected chi connectivity index (χ3v) is 5.62. The highest BCUT2D eigenvalue weighted by molar-refractivity contribution is 8.15. The number of hydrogen-bond acceptors (Lipinski definition) is 6. The lowest BCUT2D eigenvalue weighted by atomic mass is 9.93. The van der Waals surface area contributed by atoms with E-state index in [4.69, 9.17) is 0 Å². The second-order valence-corrected chi connectivity index (χ2v) is 7.46. The smallest absolute Gasteiger partial charge is 0.269 e. The molecule has 0 aromatic heterocycles. The number of nitro groups is 1. The Bertz CT molecular complexity index is 1060. The van der Waals surface area contributed by atoms with E-state index in [0.29, 0.717) is 27.7 Å². The number of carbonyl (C=O) groups excluding carboxylic acids is 2. The number of fused-ring (bicyclic) bond motifs is 1. The minimum atomic E-state index is -0.700. The van der Waals surface area contributed by atoms with Crippen LogP contribution in [0.15, 0.2) is 70.9 Å². The van der Waals surface area contributed by atoms with Gasteiger partial charge in [-0.25, -0.2) is 4.99 Å². The summed E-state index contributed by atoms with van der Waals surface area (Å²) < 4.78 is 0. The second kappa shape index (κ2) is 7.51. The Balaban J connectivity index is 1.77. The minimum absolute atomic E-state index is 0.0587. The van der Waals surface area contributed by atoms with E-state index < -0.39 is 11.0 Å². The van der Waals surface area contributed by atoms with Gasteiger partial charge in [0.1, 0.15) is 0 Å². The number of hydrogen-bond donors (Lipinski definition) is 1. The summed E-state index contributed by atoms with van der Waals surface area (Å²) >= 11 is 1.31. The zero-order chi connectivity index (χ0) is 20.5. The Labute approximate surface area is 170 Å². The number of allylic oxidation sites excluding steroid dienone is 1. The predicted molar refractivity (Wildman–Crippen MR) is 110 cm³/mol. The molecule has 2 heterocycles. The van der Waals surface area contributed by atoms with Crippen LogP contribution in [0.3, 0.4) is 0 Å². The van der Waals surface area contributed by atoms with Crippen LogP contribution in [0.4, 0.5) is 11.4 Å². The first-order valence-electron chi connectivity index (χ1n) is 8.81. The summed E-state index contributed by atoms with van der Waals surface area (Å²) in [5, 5.41) is 14.4. The zero-order valence-corrected chi connectivity index (χ0v) is 16.2. The Hall–Kier alpha value is -3.46. The van der Waals surface area contributed by atoms with Crippen molar-refractivity contribution >= 4 is 40.1 Å². The Morgan fingerprint density at radius 1 is 1.21 bits per heavy atom. The van der Waals surface area contributed by atoms with Crippen molar-refractivity contribution in [3.63, 3.8) is 0 Å². The van der Waals surface area contributed by atoms with Crippen LogP contribution >= 0.6 is 11.8 Å². The average molecular weight is 408 g/mol. The number of aliphatic imine (C=N–C) groups is 1. The summed E-state index contributed by atoms with van der Waals surface area (Å²) in [6.45, 7) is 1.73. The van der Waals surface area contributed by atoms with Gasteiger partial charge in [-0.3, -0.25) is 24.6 Å². The molecule has 1 fully saturated rings. The number of anilines is 1. The standard InChI is InChI=1S/C20H16N4O4S/c1-12-17(19(26)22-14-5-3-2-4-6-14)18(23-16(25)11-29-20(23)21-12)13-7-9-15(10-8-13)24(27)28/h2-10,18H,11H2,1H3,(H,22,26)/t18-/m0/s1. The SMILES string of the molecule is CC1=C(C(=O)Nc2ccccc2)[C@H](c2ccc([N+](=O)[O-])cc2)N2C(=O)CSC2=N1. The Morgan fingerprint density at radius 2 is 1.90 bits per heavy atom. The summed E-state index contributed by atoms with van der Waals surface area (Å²) in [6, 6.07) is 14.2. The molecule has 0 aliphatic carbocycles. The van der Waals surface area contributed by atoms with Crippen molar-refractivity contribution in [3.8, 4) is 0 Å². The Morgan fingerprint density at radius 3 is 2.55 bits per heavy atom. The molecule has 2 amide bonds. The molecule has 1 saturated heterocycles. The fraction of sp³-hybridized carbons (Fsp3) is 0.150. The number of nitrogens with one attached hydrogen (secondary N) is 1. The van der Waals surface area contributed by atoms with Gasteiger partial charge in [-0.05, 0) is 36.8 Å². The molecule has 9 heteroatoms. The summed E-state index contributed by atoms with van der Waals surface area (Å²) in [5.74, 6) is -0.289. The van der Waals surface area contributed by atoms with E-state index >= 15 is 0 Å². The van der Waals surface area contributed by atoms with Gasteiger partial charge in [0.2, 0.25) is 5.91 Å². The molecule has 2 aliphatic heterocycles. The number of amides is 2. The van der Waals surface area contributed by atoms with Crippen molar-refractivity contribution in [2.24, 2.45) is 4.99 Å². The maximum absolute atomic E-state index is 13.1. The monoisotopic (exact) mass is 408 g/mol. The lowest BCUT2D eigenvalue weighted by Gasteiger charge is -2.33. The molecule has 0 saturated carbocycles. The minimum Gasteiger partial charge on any atom is -0.322 e. The second-order valence-electron chi connectivity index (χ2n) is 6.52. The van der Waals surface area contributed by atoms with E-state index in [2.05, 4.69) is 10.3 Å². The zero-order valence-electron chi connectivity index (χ0n) is 15.4. The van der Waals surface area contributed by atoms with Gasteiger partial charge in [0.25, 0.3) is 11.6 Å². The van der Waals surface area contributed by atoms with Crippen molar-refractivity contribution in [3.05, 3.63) is 81.5 Å². The third kappa shape index (κ3) is 3.52. The third-order valence-electron chi connectivity index (χ3n) is 4.68. The van der Waals surface area contributed by atoms with Crippen molar-refractivity contribution in [2.45, 2.75) is 13.0 Å². The number of rotatable bonds is 4. The number of amidine groups is 1. The molecule has 8 nitrogen and oxygen atoms in total. The number of nitrogens with zero attached hydrogens (tertiary/aromatic N) is 3. The molecule has 1 atom stereocenters. The van der Waals surface area contributed by atoms with E-state index in [1.165, 1.54) is 28.8 Å². The van der Waals surface area contributed by atoms with Crippen molar-refractivity contribution in [1.29, 1.82) is 0 Å². The van der Waals surface area contributed by atoms with Crippen molar-refractivity contribution < 1.29 is 14.5 Å². The van der Waals surface area contributed by atoms with Gasteiger partial charge in [-0.15, -0.1) is 0 Å². The highest BCUT2D eigenvalue weighted by atomic mass is 32.2. The fourth-order valence-corrected chi connectivity index (χ4v) is 4.29. The first kappa shape index (κ1) is 18.9. The van der Waals surface area contributed by atoms with Crippen molar-refractivity contribution in [2.75, 3.05) is 11.1 Å². The van der Waals surface area contributed by atoms with Crippen LogP contribution in [0.2, 0.25) is 0 Å². The molecule has 1 N–H and O–H groups in total. The molecule has 4 rings (SSSR count). The van der Waals surface area contributed by atoms with Crippen LogP contribution < -0.4 is 5.32 Å². The number of nitro benzene ring substituents is 1. The number of thioether (sulfide) groups is 1. The predicted octanol–water partition coefficient (Wildman–Crippen LogP) is 3.49. The van der Waals surface area contributed by atoms with Gasteiger partial charge in [-0.1, -0.05) is 30.0 Å². The van der Waals surface area contributed by atoms with Crippen LogP contribution in [-0.2, 0) is 9.59 Å². The Kier molecular flexibility index (Phi) is 4.89. The first-order valence-corrected chi connectivity index (χ1v) is 9.79. The molecule has 0 spiro atoms. The van der Waals surface area contributed by atoms with E-state index in [1.807, 2.05) is 18.2 Å². The van der Waals surface area contributed by atoms with Crippen LogP contribution in [0.5, 0.6) is 0 Å². The van der Waals surface area contributed by atoms with E-state index in [-0.39, 0.29) is 23.3 Å². The van der Waals surface area contributed by atoms with Crippen LogP contribution in [0.1, 0.15) is 18.5 Å². The number of carbonyl (C=O) groups is 2. The van der Waals surface area contributed by atoms with Gasteiger partial charge < -0.3 is 5.32 Å². The highest BCUT2D eigenvalue weighted by Crippen LogP contribution is 2.41. The van der Waals surface area contributed by atoms with Gasteiger partial charge >= 0.3 is 0 Å². The normalized spacial score (nSPS) is 18.4. The van der Waals surface area contributed by atoms with Gasteiger partial charge in [0, 0.05) is 17.8 Å². The lowest BCUT2D eigenvalue weighted by Crippen LogP contribution is -2.40. The molecule has 0 unspecified atom stereocenters. The lowest BCUT2D eigenvalue weighted by molar-refractivity contribution is -0.384. The summed E-state index contributed by atoms with van der Waals surface area (Å²) in [7, 11) is 0. The molecule has 2 aliphatic rings. The van der Waals surface area contributed by atoms with Crippen molar-refractivity contribution in [1.82, 2.24) is 4.90 Å². The topological polar surface area (TPSA) is 105 Å². The maximum Gasteiger partial charge on any atom is 0.269 e. The van der Waals surface area contributed by atoms with Crippen LogP contribution in [0, 0.1) is 10.1 Å². The van der Waals surface area contributed by atoms with Crippen LogP contribution in [0.25, 0.3) is 0 Å². The summed E-state index contributed by atoms with van der Waals surface area (Å²) in [4.78, 5) is 42.2. The summed E-state index contributed by atoms with van der Waals surface area (Å²) in [6.07, 6.45) is 0. The molecule has 2 aromatic carbocycles. The molecular weight excluding hydrogens is 392 g/mol. The number of non-ortho nitro benzene ring substituents is 1. The number of benzene rings is 2. The number of para-hydroxylation sites is 1. The molecule has 0 radical (unpaired) electrons. The average Bonchev–Trinajstić information content (AvgIpc) is 3.08. The molecule has 146 valence electrons. The van der Waals surface area contributed by atoms with E-state index in [0.717, 1.165) is 0 Å². The molecule has 0 bridgehead atoms. The molecule has 29 heavy (non-hydrogen) atoms. The van der Waals surface area contributed by atoms with Gasteiger partial charge in [0.05, 0.1) is 28.0 Å². The molecule has 2 aromatic rings. The highest BCUT2D eigenvalue weighted by Gasteiger charge is 2.42. The summed E-state index contributed by atoms with van der Waals surface area (Å²) in [5.41, 5.74) is 2.02. The largest absolute Gasteiger partial charge is 0.322 e. The van der Waals surface area contributed by atoms with Gasteiger partial charge in [0.15, 0.2) is 5.17 Å². The molecular formula is C20H16N4O4S. The first-order chi connectivity index (χ1) is 14.0. The van der Waals surface area contributed by atoms with Gasteiger partial charge in [-0.2, -0.15) is 0 Å².